The van der Waals surface area contributed by atoms with E-state index >= 15 is 0 Å². The number of halogens is 1. The van der Waals surface area contributed by atoms with E-state index in [1.165, 1.54) is 18.2 Å². The molecule has 1 aromatic heterocycles. The average Bonchev–Trinajstić information content (AvgIpc) is 2.44. The van der Waals surface area contributed by atoms with E-state index in [1.807, 2.05) is 0 Å². The highest BCUT2D eigenvalue weighted by Gasteiger charge is 2.14. The van der Waals surface area contributed by atoms with Gasteiger partial charge in [-0.25, -0.2) is 9.18 Å². The van der Waals surface area contributed by atoms with E-state index in [0.29, 0.717) is 25.0 Å². The molecule has 0 spiro atoms. The minimum atomic E-state index is -0.855. The summed E-state index contributed by atoms with van der Waals surface area (Å²) in [4.78, 5) is 23.5. The molecule has 0 bridgehead atoms. The third-order valence-electron chi connectivity index (χ3n) is 2.77. The smallest absolute Gasteiger partial charge is 0.349 e. The highest BCUT2D eigenvalue weighted by Crippen LogP contribution is 2.16. The Morgan fingerprint density at radius 3 is 3.00 bits per heavy atom. The van der Waals surface area contributed by atoms with Crippen molar-refractivity contribution in [3.8, 4) is 0 Å². The molecular weight excluding hydrogens is 265 g/mol. The van der Waals surface area contributed by atoms with Crippen LogP contribution in [0.5, 0.6) is 0 Å². The van der Waals surface area contributed by atoms with Gasteiger partial charge in [-0.1, -0.05) is 12.1 Å². The molecule has 0 aliphatic carbocycles. The monoisotopic (exact) mass is 279 g/mol. The molecule has 0 radical (unpaired) electrons. The van der Waals surface area contributed by atoms with Gasteiger partial charge in [0.05, 0.1) is 0 Å². The second-order valence-electron chi connectivity index (χ2n) is 4.21. The first kappa shape index (κ1) is 14.2. The van der Waals surface area contributed by atoms with Gasteiger partial charge in [0.25, 0.3) is 5.91 Å². The van der Waals surface area contributed by atoms with Gasteiger partial charge in [0.15, 0.2) is 11.4 Å². The molecule has 0 aliphatic heterocycles. The van der Waals surface area contributed by atoms with Crippen LogP contribution in [0.25, 0.3) is 11.0 Å². The van der Waals surface area contributed by atoms with Crippen LogP contribution >= 0.6 is 0 Å². The summed E-state index contributed by atoms with van der Waals surface area (Å²) in [5, 5.41) is 2.95. The van der Waals surface area contributed by atoms with E-state index in [9.17, 15) is 14.0 Å². The number of rotatable bonds is 5. The lowest BCUT2D eigenvalue weighted by molar-refractivity contribution is 0.0945. The number of carbonyl (C=O) groups excluding carboxylic acids is 1. The fourth-order valence-corrected chi connectivity index (χ4v) is 1.78. The Balaban J connectivity index is 2.24. The second kappa shape index (κ2) is 6.29. The van der Waals surface area contributed by atoms with Gasteiger partial charge in [0.2, 0.25) is 0 Å². The van der Waals surface area contributed by atoms with Gasteiger partial charge in [-0.3, -0.25) is 4.79 Å². The van der Waals surface area contributed by atoms with Crippen molar-refractivity contribution in [3.63, 3.8) is 0 Å². The van der Waals surface area contributed by atoms with Crippen LogP contribution in [-0.2, 0) is 4.74 Å². The molecule has 1 aromatic carbocycles. The lowest BCUT2D eigenvalue weighted by atomic mass is 10.1. The molecule has 2 aromatic rings. The van der Waals surface area contributed by atoms with Crippen LogP contribution in [0.15, 0.2) is 33.5 Å². The number of methoxy groups -OCH3 is 1. The summed E-state index contributed by atoms with van der Waals surface area (Å²) in [6.45, 7) is 0.894. The maximum Gasteiger partial charge on any atom is 0.349 e. The minimum Gasteiger partial charge on any atom is -0.419 e. The number of fused-ring (bicyclic) bond motifs is 1. The summed E-state index contributed by atoms with van der Waals surface area (Å²) in [7, 11) is 1.56. The minimum absolute atomic E-state index is 0.138. The van der Waals surface area contributed by atoms with Crippen LogP contribution in [0.1, 0.15) is 16.8 Å². The molecular formula is C14H14FNO4. The maximum absolute atomic E-state index is 13.4. The molecule has 0 unspecified atom stereocenters. The van der Waals surface area contributed by atoms with Crippen molar-refractivity contribution in [1.82, 2.24) is 5.32 Å². The molecule has 0 atom stereocenters. The summed E-state index contributed by atoms with van der Waals surface area (Å²) < 4.78 is 23.1. The Hall–Kier alpha value is -2.21. The number of hydrogen-bond donors (Lipinski definition) is 1. The normalized spacial score (nSPS) is 10.7. The standard InChI is InChI=1S/C14H14FNO4/c1-19-7-3-6-16-13(17)10-8-9-4-2-5-11(15)12(9)20-14(10)18/h2,4-5,8H,3,6-7H2,1H3,(H,16,17). The van der Waals surface area contributed by atoms with Crippen molar-refractivity contribution in [2.24, 2.45) is 0 Å². The van der Waals surface area contributed by atoms with Crippen molar-refractivity contribution in [2.45, 2.75) is 6.42 Å². The van der Waals surface area contributed by atoms with Gasteiger partial charge in [0.1, 0.15) is 5.56 Å². The second-order valence-corrected chi connectivity index (χ2v) is 4.21. The fraction of sp³-hybridized carbons (Fsp3) is 0.286. The van der Waals surface area contributed by atoms with Crippen molar-refractivity contribution < 1.29 is 18.3 Å². The number of amides is 1. The van der Waals surface area contributed by atoms with Gasteiger partial charge < -0.3 is 14.5 Å². The van der Waals surface area contributed by atoms with Crippen LogP contribution in [-0.4, -0.2) is 26.2 Å². The predicted octanol–water partition coefficient (Wildman–Crippen LogP) is 1.70. The Labute approximate surface area is 114 Å². The number of carbonyl (C=O) groups is 1. The highest BCUT2D eigenvalue weighted by molar-refractivity contribution is 5.96. The first-order valence-electron chi connectivity index (χ1n) is 6.13. The lowest BCUT2D eigenvalue weighted by Crippen LogP contribution is -2.29. The predicted molar refractivity (Wildman–Crippen MR) is 71.3 cm³/mol. The van der Waals surface area contributed by atoms with Crippen LogP contribution in [0, 0.1) is 5.82 Å². The summed E-state index contributed by atoms with van der Waals surface area (Å²) in [6, 6.07) is 5.58. The summed E-state index contributed by atoms with van der Waals surface area (Å²) in [6.07, 6.45) is 0.635. The largest absolute Gasteiger partial charge is 0.419 e. The summed E-state index contributed by atoms with van der Waals surface area (Å²) in [5.41, 5.74) is -1.14. The van der Waals surface area contributed by atoms with Crippen LogP contribution < -0.4 is 10.9 Å². The zero-order valence-electron chi connectivity index (χ0n) is 10.9. The van der Waals surface area contributed by atoms with Crippen LogP contribution in [0.4, 0.5) is 4.39 Å². The summed E-state index contributed by atoms with van der Waals surface area (Å²) in [5.74, 6) is -1.17. The molecule has 1 N–H and O–H groups in total. The Kier molecular flexibility index (Phi) is 4.47. The SMILES string of the molecule is COCCCNC(=O)c1cc2cccc(F)c2oc1=O. The molecule has 1 amide bonds. The van der Waals surface area contributed by atoms with Crippen molar-refractivity contribution >= 4 is 16.9 Å². The van der Waals surface area contributed by atoms with Crippen molar-refractivity contribution in [1.29, 1.82) is 0 Å². The van der Waals surface area contributed by atoms with Crippen LogP contribution in [0.2, 0.25) is 0 Å². The number of hydrogen-bond acceptors (Lipinski definition) is 4. The molecule has 5 nitrogen and oxygen atoms in total. The zero-order chi connectivity index (χ0) is 14.5. The van der Waals surface area contributed by atoms with Crippen molar-refractivity contribution in [2.75, 3.05) is 20.3 Å². The Bertz CT molecular complexity index is 680. The van der Waals surface area contributed by atoms with Crippen LogP contribution in [0.3, 0.4) is 0 Å². The highest BCUT2D eigenvalue weighted by atomic mass is 19.1. The first-order chi connectivity index (χ1) is 9.63. The Morgan fingerprint density at radius 1 is 1.45 bits per heavy atom. The van der Waals surface area contributed by atoms with Gasteiger partial charge in [-0.2, -0.15) is 0 Å². The van der Waals surface area contributed by atoms with E-state index in [-0.39, 0.29) is 11.1 Å². The average molecular weight is 279 g/mol. The van der Waals surface area contributed by atoms with Gasteiger partial charge >= 0.3 is 5.63 Å². The zero-order valence-corrected chi connectivity index (χ0v) is 10.9. The van der Waals surface area contributed by atoms with E-state index < -0.39 is 17.3 Å². The number of nitrogens with one attached hydrogen (secondary N) is 1. The third-order valence-corrected chi connectivity index (χ3v) is 2.77. The maximum atomic E-state index is 13.4. The van der Waals surface area contributed by atoms with Gasteiger partial charge in [0, 0.05) is 25.6 Å². The van der Waals surface area contributed by atoms with E-state index in [0.717, 1.165) is 0 Å². The van der Waals surface area contributed by atoms with Gasteiger partial charge in [-0.15, -0.1) is 0 Å². The quantitative estimate of drug-likeness (QED) is 0.668. The summed E-state index contributed by atoms with van der Waals surface area (Å²) >= 11 is 0. The number of para-hydroxylation sites is 1. The first-order valence-corrected chi connectivity index (χ1v) is 6.13. The van der Waals surface area contributed by atoms with Crippen molar-refractivity contribution in [3.05, 3.63) is 46.1 Å². The Morgan fingerprint density at radius 2 is 2.25 bits per heavy atom. The molecule has 0 fully saturated rings. The molecule has 0 saturated carbocycles. The van der Waals surface area contributed by atoms with E-state index in [2.05, 4.69) is 5.32 Å². The van der Waals surface area contributed by atoms with Gasteiger partial charge in [-0.05, 0) is 18.6 Å². The molecule has 0 aliphatic rings. The van der Waals surface area contributed by atoms with E-state index in [4.69, 9.17) is 9.15 Å². The molecule has 2 rings (SSSR count). The van der Waals surface area contributed by atoms with E-state index in [1.54, 1.807) is 13.2 Å². The molecule has 106 valence electrons. The third kappa shape index (κ3) is 3.03. The topological polar surface area (TPSA) is 68.5 Å². The molecule has 20 heavy (non-hydrogen) atoms. The lowest BCUT2D eigenvalue weighted by Gasteiger charge is -2.05. The molecule has 6 heteroatoms. The molecule has 1 heterocycles. The number of benzene rings is 1. The molecule has 0 saturated heterocycles. The number of ether oxygens (including phenoxy) is 1. The fourth-order valence-electron chi connectivity index (χ4n) is 1.78.